The average molecular weight is 1900 g/mol. The highest BCUT2D eigenvalue weighted by Crippen LogP contribution is 2.52. The van der Waals surface area contributed by atoms with Gasteiger partial charge in [-0.2, -0.15) is 0 Å². The highest BCUT2D eigenvalue weighted by atomic mass is 32.1. The van der Waals surface area contributed by atoms with E-state index in [4.69, 9.17) is 29.9 Å². The minimum absolute atomic E-state index is 0.658. The maximum absolute atomic E-state index is 5.46. The van der Waals surface area contributed by atoms with Gasteiger partial charge in [-0.3, -0.25) is 9.13 Å². The molecule has 0 saturated carbocycles. The zero-order valence-electron chi connectivity index (χ0n) is 80.0. The van der Waals surface area contributed by atoms with E-state index in [1.807, 2.05) is 23.5 Å². The Hall–Kier alpha value is -19.5. The number of benzene rings is 24. The molecule has 0 atom stereocenters. The molecule has 0 saturated heterocycles. The highest BCUT2D eigenvalue weighted by molar-refractivity contribution is 7.27. The van der Waals surface area contributed by atoms with E-state index in [0.717, 1.165) is 116 Å². The van der Waals surface area contributed by atoms with E-state index in [9.17, 15) is 0 Å². The SMILES string of the molecule is c1ccc(-c2ccc(-c3nc(-n4c5ccc6ccccc6c5c5c6ccccc6ccc54)nc4cc(-c5ccccc5)ccc34)cc2)cc1.c1ccc(-c2ccc(-c3nc(-n4c5ccc6ccccc6c5c5c6ccccc6ccc54)nc4ccc(-c5ccccc5)cc34)cc2)cc1.c1ccc(-c2nc(-c3cccc(-n4c5ccc6ccccc6c5c5c6ccccc6c6c7ccccc7sc6c54)c3)nc3ccccc23)cc1. The van der Waals surface area contributed by atoms with Gasteiger partial charge in [-0.15, -0.1) is 11.3 Å². The van der Waals surface area contributed by atoms with Gasteiger partial charge in [-0.25, -0.2) is 29.9 Å². The van der Waals surface area contributed by atoms with Crippen LogP contribution in [0.1, 0.15) is 0 Å². The Labute approximate surface area is 854 Å². The van der Waals surface area contributed by atoms with E-state index in [1.165, 1.54) is 156 Å². The van der Waals surface area contributed by atoms with Crippen LogP contribution in [0.4, 0.5) is 0 Å². The zero-order chi connectivity index (χ0) is 97.4. The number of para-hydroxylation sites is 1. The second-order valence-electron chi connectivity index (χ2n) is 38.1. The molecule has 0 aliphatic heterocycles. The molecule has 0 bridgehead atoms. The molecule has 31 aromatic rings. The first-order valence-corrected chi connectivity index (χ1v) is 51.1. The Balaban J connectivity index is 0.000000105. The first-order chi connectivity index (χ1) is 73.4. The summed E-state index contributed by atoms with van der Waals surface area (Å²) in [5.74, 6) is 2.03. The molecule has 0 fully saturated rings. The fourth-order valence-electron chi connectivity index (χ4n) is 22.9. The van der Waals surface area contributed by atoms with Gasteiger partial charge in [0.05, 0.1) is 71.4 Å². The number of hydrogen-bond donors (Lipinski definition) is 0. The van der Waals surface area contributed by atoms with Crippen LogP contribution in [-0.4, -0.2) is 43.6 Å². The van der Waals surface area contributed by atoms with Crippen LogP contribution >= 0.6 is 11.3 Å². The summed E-state index contributed by atoms with van der Waals surface area (Å²) >= 11 is 1.89. The first-order valence-electron chi connectivity index (χ1n) is 50.3. The summed E-state index contributed by atoms with van der Waals surface area (Å²) in [6, 6.07) is 184. The van der Waals surface area contributed by atoms with Crippen LogP contribution in [0.15, 0.2) is 516 Å². The number of thiophene rings is 1. The van der Waals surface area contributed by atoms with Crippen molar-refractivity contribution < 1.29 is 0 Å². The Morgan fingerprint density at radius 1 is 0.162 bits per heavy atom. The third-order valence-electron chi connectivity index (χ3n) is 29.8. The van der Waals surface area contributed by atoms with Gasteiger partial charge in [-0.05, 0) is 188 Å². The molecule has 0 aliphatic carbocycles. The van der Waals surface area contributed by atoms with Crippen molar-refractivity contribution in [1.82, 2.24) is 43.6 Å². The largest absolute Gasteiger partial charge is 0.308 e. The normalized spacial score (nSPS) is 11.8. The molecule has 9 nitrogen and oxygen atoms in total. The third-order valence-corrected chi connectivity index (χ3v) is 30.9. The van der Waals surface area contributed by atoms with Crippen molar-refractivity contribution in [2.75, 3.05) is 0 Å². The smallest absolute Gasteiger partial charge is 0.235 e. The number of nitrogens with zero attached hydrogens (tertiary/aromatic N) is 9. The topological polar surface area (TPSA) is 92.1 Å². The lowest BCUT2D eigenvalue weighted by Gasteiger charge is -2.13. The Morgan fingerprint density at radius 3 is 0.959 bits per heavy atom. The molecule has 0 unspecified atom stereocenters. The molecular weight excluding hydrogens is 1820 g/mol. The second kappa shape index (κ2) is 35.3. The van der Waals surface area contributed by atoms with Gasteiger partial charge < -0.3 is 4.57 Å². The maximum atomic E-state index is 5.46. The van der Waals surface area contributed by atoms with Crippen molar-refractivity contribution in [2.45, 2.75) is 0 Å². The molecule has 31 rings (SSSR count). The average Bonchev–Trinajstić information content (AvgIpc) is 1.53. The second-order valence-corrected chi connectivity index (χ2v) is 39.2. The molecule has 0 aliphatic rings. The summed E-state index contributed by atoms with van der Waals surface area (Å²) < 4.78 is 9.62. The fraction of sp³-hybridized carbons (Fsp3) is 0. The molecule has 148 heavy (non-hydrogen) atoms. The monoisotopic (exact) mass is 1900 g/mol. The van der Waals surface area contributed by atoms with Crippen LogP contribution in [0, 0.1) is 0 Å². The third kappa shape index (κ3) is 14.3. The van der Waals surface area contributed by atoms with Crippen LogP contribution < -0.4 is 0 Å². The van der Waals surface area contributed by atoms with Gasteiger partial charge in [0.25, 0.3) is 0 Å². The lowest BCUT2D eigenvalue weighted by Crippen LogP contribution is -2.03. The molecule has 0 spiro atoms. The number of fused-ring (bicyclic) bond motifs is 29. The Kier molecular flexibility index (Phi) is 20.3. The summed E-state index contributed by atoms with van der Waals surface area (Å²) in [5.41, 5.74) is 26.9. The summed E-state index contributed by atoms with van der Waals surface area (Å²) in [6.07, 6.45) is 0. The van der Waals surface area contributed by atoms with Crippen molar-refractivity contribution in [2.24, 2.45) is 0 Å². The van der Waals surface area contributed by atoms with E-state index in [1.54, 1.807) is 0 Å². The summed E-state index contributed by atoms with van der Waals surface area (Å²) in [7, 11) is 0. The molecule has 24 aromatic carbocycles. The number of aromatic nitrogens is 9. The maximum Gasteiger partial charge on any atom is 0.235 e. The van der Waals surface area contributed by atoms with Crippen molar-refractivity contribution in [1.29, 1.82) is 0 Å². The number of hydrogen-bond acceptors (Lipinski definition) is 7. The summed E-state index contributed by atoms with van der Waals surface area (Å²) in [6.45, 7) is 0. The van der Waals surface area contributed by atoms with Crippen LogP contribution in [0.3, 0.4) is 0 Å². The van der Waals surface area contributed by atoms with Gasteiger partial charge >= 0.3 is 0 Å². The van der Waals surface area contributed by atoms with Crippen molar-refractivity contribution >= 4 is 194 Å². The molecule has 0 amide bonds. The highest BCUT2D eigenvalue weighted by Gasteiger charge is 2.28. The minimum atomic E-state index is 0.658. The van der Waals surface area contributed by atoms with E-state index in [-0.39, 0.29) is 0 Å². The molecular formula is C138H85N9S. The Morgan fingerprint density at radius 2 is 0.480 bits per heavy atom. The van der Waals surface area contributed by atoms with Gasteiger partial charge in [0.1, 0.15) is 0 Å². The predicted octanol–water partition coefficient (Wildman–Crippen LogP) is 36.8. The van der Waals surface area contributed by atoms with Crippen LogP contribution in [-0.2, 0) is 0 Å². The fourth-order valence-corrected chi connectivity index (χ4v) is 24.2. The molecule has 10 heteroatoms. The standard InChI is InChI=1S/C46H27N3S.2C46H29N3/c1-2-14-29(15-3-1)43-35-21-8-10-23-37(35)47-46(48-43)30-16-12-17-31(27-30)49-38-26-25-28-13-4-5-18-32(28)41(38)42-34-20-7-6-19-33(34)40-36-22-9-11-24-39(36)50-45(40)44(42)49;1-3-11-30(12-4-1)32-19-21-35(22-20-32)45-39-29-36(31-13-5-2-6-14-31)23-26-40(39)47-46(48-45)49-41-27-24-33-15-7-9-17-37(33)43(41)44-38-18-10-8-16-34(38)25-28-42(44)49;1-3-11-30(12-4-1)32-19-21-35(22-20-32)45-39-26-23-36(31-13-5-2-6-14-31)29-40(39)47-46(48-45)49-41-27-24-33-15-7-9-17-37(33)43(41)44-38-18-10-8-16-34(38)25-28-42(44)49/h1-27H;2*1-29H. The molecule has 7 aromatic heterocycles. The van der Waals surface area contributed by atoms with E-state index in [0.29, 0.717) is 17.7 Å². The summed E-state index contributed by atoms with van der Waals surface area (Å²) in [4.78, 5) is 31.9. The van der Waals surface area contributed by atoms with Crippen LogP contribution in [0.2, 0.25) is 0 Å². The van der Waals surface area contributed by atoms with Crippen molar-refractivity contribution in [3.05, 3.63) is 516 Å². The minimum Gasteiger partial charge on any atom is -0.308 e. The molecule has 7 heterocycles. The van der Waals surface area contributed by atoms with E-state index in [2.05, 4.69) is 517 Å². The summed E-state index contributed by atoms with van der Waals surface area (Å²) in [5, 5.41) is 28.0. The van der Waals surface area contributed by atoms with Crippen molar-refractivity contribution in [3.63, 3.8) is 0 Å². The molecule has 0 N–H and O–H groups in total. The predicted molar refractivity (Wildman–Crippen MR) is 623 cm³/mol. The molecule has 0 radical (unpaired) electrons. The molecule has 688 valence electrons. The van der Waals surface area contributed by atoms with Gasteiger partial charge in [0, 0.05) is 91.9 Å². The van der Waals surface area contributed by atoms with Crippen LogP contribution in [0.25, 0.3) is 290 Å². The van der Waals surface area contributed by atoms with Crippen molar-refractivity contribution in [3.8, 4) is 107 Å². The Bertz CT molecular complexity index is 10600. The quantitative estimate of drug-likeness (QED) is 0.128. The van der Waals surface area contributed by atoms with Crippen LogP contribution in [0.5, 0.6) is 0 Å². The number of rotatable bonds is 11. The zero-order valence-corrected chi connectivity index (χ0v) is 80.8. The lowest BCUT2D eigenvalue weighted by atomic mass is 9.97. The van der Waals surface area contributed by atoms with Gasteiger partial charge in [-0.1, -0.05) is 437 Å². The van der Waals surface area contributed by atoms with Gasteiger partial charge in [0.15, 0.2) is 5.82 Å². The van der Waals surface area contributed by atoms with E-state index >= 15 is 0 Å². The first kappa shape index (κ1) is 85.3. The van der Waals surface area contributed by atoms with Gasteiger partial charge in [0.2, 0.25) is 11.9 Å². The van der Waals surface area contributed by atoms with E-state index < -0.39 is 0 Å². The lowest BCUT2D eigenvalue weighted by molar-refractivity contribution is 1.01.